The van der Waals surface area contributed by atoms with E-state index in [1.54, 1.807) is 6.92 Å². The summed E-state index contributed by atoms with van der Waals surface area (Å²) in [5.41, 5.74) is 0. The number of aliphatic carboxylic acids is 1. The molecule has 16 heavy (non-hydrogen) atoms. The summed E-state index contributed by atoms with van der Waals surface area (Å²) in [6.45, 7) is 3.19. The lowest BCUT2D eigenvalue weighted by Crippen LogP contribution is -2.40. The van der Waals surface area contributed by atoms with Crippen LogP contribution in [0.2, 0.25) is 0 Å². The lowest BCUT2D eigenvalue weighted by atomic mass is 10.1. The Morgan fingerprint density at radius 1 is 1.44 bits per heavy atom. The third-order valence-electron chi connectivity index (χ3n) is 2.14. The Morgan fingerprint density at radius 3 is 2.50 bits per heavy atom. The Kier molecular flexibility index (Phi) is 4.49. The molecule has 2 atom stereocenters. The first-order valence-corrected chi connectivity index (χ1v) is 6.31. The van der Waals surface area contributed by atoms with E-state index in [-0.39, 0.29) is 11.8 Å². The number of carbonyl (C=O) groups excluding carboxylic acids is 1. The molecule has 1 amide bonds. The summed E-state index contributed by atoms with van der Waals surface area (Å²) in [4.78, 5) is 23.2. The molecular weight excluding hydrogens is 294 g/mol. The van der Waals surface area contributed by atoms with E-state index in [2.05, 4.69) is 21.2 Å². The molecule has 0 aliphatic carbocycles. The minimum Gasteiger partial charge on any atom is -0.480 e. The molecule has 1 aromatic rings. The van der Waals surface area contributed by atoms with Gasteiger partial charge in [-0.2, -0.15) is 0 Å². The summed E-state index contributed by atoms with van der Waals surface area (Å²) < 4.78 is 0.952. The first-order valence-electron chi connectivity index (χ1n) is 4.70. The zero-order chi connectivity index (χ0) is 12.3. The molecule has 0 aromatic carbocycles. The fourth-order valence-corrected chi connectivity index (χ4v) is 2.56. The van der Waals surface area contributed by atoms with E-state index < -0.39 is 12.0 Å². The normalized spacial score (nSPS) is 14.2. The van der Waals surface area contributed by atoms with Gasteiger partial charge < -0.3 is 10.4 Å². The summed E-state index contributed by atoms with van der Waals surface area (Å²) in [7, 11) is 0. The largest absolute Gasteiger partial charge is 0.480 e. The molecule has 88 valence electrons. The van der Waals surface area contributed by atoms with Crippen LogP contribution in [0.4, 0.5) is 0 Å². The highest BCUT2D eigenvalue weighted by Crippen LogP contribution is 2.28. The number of thiophene rings is 1. The predicted octanol–water partition coefficient (Wildman–Crippen LogP) is 2.20. The Labute approximate surface area is 106 Å². The molecule has 1 aromatic heterocycles. The van der Waals surface area contributed by atoms with Gasteiger partial charge in [0.05, 0.1) is 9.70 Å². The number of halogens is 1. The van der Waals surface area contributed by atoms with Gasteiger partial charge in [-0.1, -0.05) is 0 Å². The third-order valence-corrected chi connectivity index (χ3v) is 3.95. The zero-order valence-corrected chi connectivity index (χ0v) is 11.3. The van der Waals surface area contributed by atoms with Crippen molar-refractivity contribution in [2.45, 2.75) is 25.8 Å². The number of amides is 1. The Bertz CT molecular complexity index is 405. The van der Waals surface area contributed by atoms with Gasteiger partial charge in [0, 0.05) is 4.88 Å². The predicted molar refractivity (Wildman–Crippen MR) is 65.7 cm³/mol. The van der Waals surface area contributed by atoms with Gasteiger partial charge in [0.25, 0.3) is 0 Å². The molecule has 0 aliphatic rings. The van der Waals surface area contributed by atoms with Crippen molar-refractivity contribution in [2.24, 2.45) is 0 Å². The molecule has 1 rings (SSSR count). The van der Waals surface area contributed by atoms with Crippen LogP contribution in [0.3, 0.4) is 0 Å². The summed E-state index contributed by atoms with van der Waals surface area (Å²) in [6, 6.07) is 2.85. The van der Waals surface area contributed by atoms with E-state index in [4.69, 9.17) is 5.11 Å². The second kappa shape index (κ2) is 5.45. The highest BCUT2D eigenvalue weighted by molar-refractivity contribution is 9.11. The van der Waals surface area contributed by atoms with E-state index in [9.17, 15) is 9.59 Å². The van der Waals surface area contributed by atoms with Crippen LogP contribution >= 0.6 is 27.3 Å². The van der Waals surface area contributed by atoms with Crippen LogP contribution in [-0.4, -0.2) is 23.0 Å². The van der Waals surface area contributed by atoms with E-state index in [0.29, 0.717) is 0 Å². The van der Waals surface area contributed by atoms with Crippen LogP contribution in [-0.2, 0) is 9.59 Å². The number of carboxylic acid groups (broad SMARTS) is 1. The van der Waals surface area contributed by atoms with Crippen molar-refractivity contribution in [3.05, 3.63) is 20.8 Å². The Balaban J connectivity index is 2.64. The van der Waals surface area contributed by atoms with E-state index >= 15 is 0 Å². The number of carbonyl (C=O) groups is 2. The van der Waals surface area contributed by atoms with Crippen molar-refractivity contribution in [3.8, 4) is 0 Å². The highest BCUT2D eigenvalue weighted by atomic mass is 79.9. The Morgan fingerprint density at radius 2 is 2.06 bits per heavy atom. The zero-order valence-electron chi connectivity index (χ0n) is 8.86. The van der Waals surface area contributed by atoms with Gasteiger partial charge in [-0.3, -0.25) is 9.59 Å². The maximum atomic E-state index is 11.7. The maximum absolute atomic E-state index is 11.7. The number of hydrogen-bond acceptors (Lipinski definition) is 3. The van der Waals surface area contributed by atoms with Gasteiger partial charge >= 0.3 is 5.97 Å². The molecule has 0 fully saturated rings. The summed E-state index contributed by atoms with van der Waals surface area (Å²) >= 11 is 4.78. The van der Waals surface area contributed by atoms with Gasteiger partial charge in [-0.25, -0.2) is 0 Å². The van der Waals surface area contributed by atoms with Crippen LogP contribution in [0, 0.1) is 0 Å². The number of rotatable bonds is 4. The molecule has 0 saturated carbocycles. The second-order valence-electron chi connectivity index (χ2n) is 3.43. The standard InChI is InChI=1S/C10H12BrNO3S/c1-5(7-3-4-8(11)16-7)9(13)12-6(2)10(14)15/h3-6H,1-2H3,(H,12,13)(H,14,15)/t5?,6-/m1/s1. The first-order chi connectivity index (χ1) is 7.41. The smallest absolute Gasteiger partial charge is 0.325 e. The summed E-state index contributed by atoms with van der Waals surface area (Å²) in [5, 5.41) is 11.1. The van der Waals surface area contributed by atoms with E-state index in [1.165, 1.54) is 18.3 Å². The van der Waals surface area contributed by atoms with Crippen LogP contribution in [0.15, 0.2) is 15.9 Å². The molecule has 4 nitrogen and oxygen atoms in total. The topological polar surface area (TPSA) is 66.4 Å². The maximum Gasteiger partial charge on any atom is 0.325 e. The van der Waals surface area contributed by atoms with Crippen molar-refractivity contribution in [1.82, 2.24) is 5.32 Å². The van der Waals surface area contributed by atoms with Crippen LogP contribution < -0.4 is 5.32 Å². The molecule has 0 spiro atoms. The Hall–Kier alpha value is -0.880. The molecule has 6 heteroatoms. The van der Waals surface area contributed by atoms with Crippen molar-refractivity contribution in [3.63, 3.8) is 0 Å². The minimum absolute atomic E-state index is 0.274. The van der Waals surface area contributed by atoms with Crippen LogP contribution in [0.25, 0.3) is 0 Å². The SMILES string of the molecule is CC(C(=O)N[C@H](C)C(=O)O)c1ccc(Br)s1. The average Bonchev–Trinajstić information content (AvgIpc) is 2.63. The summed E-state index contributed by atoms with van der Waals surface area (Å²) in [5.74, 6) is -1.64. The quantitative estimate of drug-likeness (QED) is 0.896. The van der Waals surface area contributed by atoms with Crippen molar-refractivity contribution in [1.29, 1.82) is 0 Å². The molecular formula is C10H12BrNO3S. The van der Waals surface area contributed by atoms with Crippen LogP contribution in [0.1, 0.15) is 24.6 Å². The number of carboxylic acids is 1. The van der Waals surface area contributed by atoms with Gasteiger partial charge in [-0.05, 0) is 41.9 Å². The summed E-state index contributed by atoms with van der Waals surface area (Å²) in [6.07, 6.45) is 0. The molecule has 0 bridgehead atoms. The molecule has 2 N–H and O–H groups in total. The van der Waals surface area contributed by atoms with E-state index in [0.717, 1.165) is 8.66 Å². The third kappa shape index (κ3) is 3.31. The monoisotopic (exact) mass is 305 g/mol. The van der Waals surface area contributed by atoms with Crippen molar-refractivity contribution in [2.75, 3.05) is 0 Å². The molecule has 1 unspecified atom stereocenters. The van der Waals surface area contributed by atoms with E-state index in [1.807, 2.05) is 12.1 Å². The number of hydrogen-bond donors (Lipinski definition) is 2. The van der Waals surface area contributed by atoms with Crippen LogP contribution in [0.5, 0.6) is 0 Å². The van der Waals surface area contributed by atoms with Gasteiger partial charge in [-0.15, -0.1) is 11.3 Å². The molecule has 0 aliphatic heterocycles. The second-order valence-corrected chi connectivity index (χ2v) is 5.93. The van der Waals surface area contributed by atoms with Crippen molar-refractivity contribution >= 4 is 39.1 Å². The molecule has 0 radical (unpaired) electrons. The lowest BCUT2D eigenvalue weighted by molar-refractivity contribution is -0.141. The van der Waals surface area contributed by atoms with Crippen molar-refractivity contribution < 1.29 is 14.7 Å². The number of nitrogens with one attached hydrogen (secondary N) is 1. The molecule has 0 saturated heterocycles. The first kappa shape index (κ1) is 13.2. The average molecular weight is 306 g/mol. The minimum atomic E-state index is -1.03. The van der Waals surface area contributed by atoms with Gasteiger partial charge in [0.1, 0.15) is 6.04 Å². The van der Waals surface area contributed by atoms with Gasteiger partial charge in [0.2, 0.25) is 5.91 Å². The fourth-order valence-electron chi connectivity index (χ4n) is 1.09. The highest BCUT2D eigenvalue weighted by Gasteiger charge is 2.21. The molecule has 1 heterocycles. The van der Waals surface area contributed by atoms with Gasteiger partial charge in [0.15, 0.2) is 0 Å². The fraction of sp³-hybridized carbons (Fsp3) is 0.400. The lowest BCUT2D eigenvalue weighted by Gasteiger charge is -2.13.